The van der Waals surface area contributed by atoms with Crippen molar-refractivity contribution in [3.05, 3.63) is 12.7 Å². The largest absolute Gasteiger partial charge is 0.480 e. The van der Waals surface area contributed by atoms with Crippen LogP contribution in [-0.4, -0.2) is 48.1 Å². The molecule has 0 aliphatic heterocycles. The van der Waals surface area contributed by atoms with Gasteiger partial charge in [-0.2, -0.15) is 0 Å². The van der Waals surface area contributed by atoms with Gasteiger partial charge in [-0.15, -0.1) is 6.58 Å². The molecule has 2 N–H and O–H groups in total. The number of nitrogens with one attached hydrogen (secondary N) is 1. The highest BCUT2D eigenvalue weighted by molar-refractivity contribution is 5.80. The van der Waals surface area contributed by atoms with E-state index in [-0.39, 0.29) is 12.5 Å². The van der Waals surface area contributed by atoms with Gasteiger partial charge in [-0.1, -0.05) is 26.8 Å². The quantitative estimate of drug-likeness (QED) is 0.518. The summed E-state index contributed by atoms with van der Waals surface area (Å²) in [7, 11) is 1.72. The molecule has 0 radical (unpaired) electrons. The highest BCUT2D eigenvalue weighted by Crippen LogP contribution is 2.19. The number of carboxylic acid groups (broad SMARTS) is 1. The number of allylic oxidation sites excluding steroid dienone is 1. The number of carbonyl (C=O) groups is 2. The third-order valence-corrected chi connectivity index (χ3v) is 2.90. The second-order valence-corrected chi connectivity index (χ2v) is 5.76. The van der Waals surface area contributed by atoms with Crippen LogP contribution in [0.3, 0.4) is 0 Å². The van der Waals surface area contributed by atoms with Gasteiger partial charge in [0.25, 0.3) is 0 Å². The lowest BCUT2D eigenvalue weighted by molar-refractivity contribution is -0.142. The second-order valence-electron chi connectivity index (χ2n) is 5.76. The average Bonchev–Trinajstić information content (AvgIpc) is 2.26. The number of rotatable bonds is 8. The molecule has 0 saturated carbocycles. The van der Waals surface area contributed by atoms with E-state index in [1.54, 1.807) is 11.9 Å². The minimum atomic E-state index is -0.936. The van der Waals surface area contributed by atoms with E-state index < -0.39 is 17.4 Å². The van der Waals surface area contributed by atoms with Crippen molar-refractivity contribution in [1.29, 1.82) is 0 Å². The lowest BCUT2D eigenvalue weighted by atomic mass is 9.87. The maximum atomic E-state index is 11.8. The SMILES string of the molecule is C=CCCCN(C)C(=O)CN[C@H](C(=O)O)C(C)(C)C. The van der Waals surface area contributed by atoms with Gasteiger partial charge in [0, 0.05) is 13.6 Å². The fourth-order valence-electron chi connectivity index (χ4n) is 1.69. The van der Waals surface area contributed by atoms with E-state index in [0.29, 0.717) is 6.54 Å². The lowest BCUT2D eigenvalue weighted by Gasteiger charge is -2.28. The van der Waals surface area contributed by atoms with Crippen molar-refractivity contribution in [1.82, 2.24) is 10.2 Å². The number of unbranched alkanes of at least 4 members (excludes halogenated alkanes) is 1. The van der Waals surface area contributed by atoms with Gasteiger partial charge in [0.2, 0.25) is 5.91 Å². The van der Waals surface area contributed by atoms with Gasteiger partial charge >= 0.3 is 5.97 Å². The second kappa shape index (κ2) is 7.94. The zero-order valence-corrected chi connectivity index (χ0v) is 12.4. The molecule has 0 fully saturated rings. The molecule has 1 amide bonds. The average molecular weight is 270 g/mol. The molecule has 19 heavy (non-hydrogen) atoms. The number of carbonyl (C=O) groups excluding carboxylic acids is 1. The van der Waals surface area contributed by atoms with Crippen molar-refractivity contribution in [3.63, 3.8) is 0 Å². The lowest BCUT2D eigenvalue weighted by Crippen LogP contribution is -2.50. The normalized spacial score (nSPS) is 12.8. The molecule has 0 bridgehead atoms. The molecular weight excluding hydrogens is 244 g/mol. The topological polar surface area (TPSA) is 69.6 Å². The Morgan fingerprint density at radius 2 is 2.00 bits per heavy atom. The van der Waals surface area contributed by atoms with E-state index in [2.05, 4.69) is 11.9 Å². The first-order valence-corrected chi connectivity index (χ1v) is 6.51. The molecule has 0 rings (SSSR count). The zero-order valence-electron chi connectivity index (χ0n) is 12.4. The number of aliphatic carboxylic acids is 1. The van der Waals surface area contributed by atoms with Crippen molar-refractivity contribution in [2.24, 2.45) is 5.41 Å². The first kappa shape index (κ1) is 17.6. The van der Waals surface area contributed by atoms with Gasteiger partial charge in [0.15, 0.2) is 0 Å². The predicted octanol–water partition coefficient (Wildman–Crippen LogP) is 1.50. The van der Waals surface area contributed by atoms with Gasteiger partial charge in [-0.3, -0.25) is 14.9 Å². The van der Waals surface area contributed by atoms with Crippen molar-refractivity contribution >= 4 is 11.9 Å². The van der Waals surface area contributed by atoms with E-state index >= 15 is 0 Å². The van der Waals surface area contributed by atoms with E-state index in [1.165, 1.54) is 0 Å². The fraction of sp³-hybridized carbons (Fsp3) is 0.714. The number of likely N-dealkylation sites (N-methyl/N-ethyl adjacent to an activating group) is 1. The molecule has 0 aliphatic rings. The molecule has 0 saturated heterocycles. The molecule has 5 nitrogen and oxygen atoms in total. The fourth-order valence-corrected chi connectivity index (χ4v) is 1.69. The summed E-state index contributed by atoms with van der Waals surface area (Å²) in [5, 5.41) is 12.0. The molecular formula is C14H26N2O3. The van der Waals surface area contributed by atoms with Crippen LogP contribution in [0.15, 0.2) is 12.7 Å². The van der Waals surface area contributed by atoms with Crippen LogP contribution in [0.5, 0.6) is 0 Å². The highest BCUT2D eigenvalue weighted by atomic mass is 16.4. The Kier molecular flexibility index (Phi) is 7.37. The molecule has 0 aromatic carbocycles. The summed E-state index contributed by atoms with van der Waals surface area (Å²) in [4.78, 5) is 24.6. The van der Waals surface area contributed by atoms with Crippen LogP contribution in [0.25, 0.3) is 0 Å². The number of hydrogen-bond donors (Lipinski definition) is 2. The van der Waals surface area contributed by atoms with Gasteiger partial charge in [-0.25, -0.2) is 0 Å². The minimum absolute atomic E-state index is 0.0405. The monoisotopic (exact) mass is 270 g/mol. The van der Waals surface area contributed by atoms with E-state index in [1.807, 2.05) is 26.8 Å². The van der Waals surface area contributed by atoms with Crippen molar-refractivity contribution < 1.29 is 14.7 Å². The number of carboxylic acids is 1. The van der Waals surface area contributed by atoms with Gasteiger partial charge in [0.1, 0.15) is 6.04 Å². The smallest absolute Gasteiger partial charge is 0.321 e. The standard InChI is InChI=1S/C14H26N2O3/c1-6-7-8-9-16(5)11(17)10-15-12(13(18)19)14(2,3)4/h6,12,15H,1,7-10H2,2-5H3,(H,18,19)/t12-/m1/s1. The zero-order chi connectivity index (χ0) is 15.1. The van der Waals surface area contributed by atoms with Gasteiger partial charge in [0.05, 0.1) is 6.54 Å². The van der Waals surface area contributed by atoms with Crippen molar-refractivity contribution in [2.45, 2.75) is 39.7 Å². The Morgan fingerprint density at radius 1 is 1.42 bits per heavy atom. The van der Waals surface area contributed by atoms with Crippen LogP contribution in [0.4, 0.5) is 0 Å². The van der Waals surface area contributed by atoms with Crippen molar-refractivity contribution in [3.8, 4) is 0 Å². The summed E-state index contributed by atoms with van der Waals surface area (Å²) < 4.78 is 0. The van der Waals surface area contributed by atoms with Gasteiger partial charge < -0.3 is 10.0 Å². The van der Waals surface area contributed by atoms with Crippen LogP contribution >= 0.6 is 0 Å². The molecule has 110 valence electrons. The highest BCUT2D eigenvalue weighted by Gasteiger charge is 2.31. The minimum Gasteiger partial charge on any atom is -0.480 e. The molecule has 0 aliphatic carbocycles. The predicted molar refractivity (Wildman–Crippen MR) is 75.9 cm³/mol. The third kappa shape index (κ3) is 6.96. The Morgan fingerprint density at radius 3 is 2.42 bits per heavy atom. The van der Waals surface area contributed by atoms with Crippen LogP contribution < -0.4 is 5.32 Å². The summed E-state index contributed by atoms with van der Waals surface area (Å²) in [5.41, 5.74) is -0.437. The molecule has 0 heterocycles. The summed E-state index contributed by atoms with van der Waals surface area (Å²) >= 11 is 0. The van der Waals surface area contributed by atoms with Gasteiger partial charge in [-0.05, 0) is 18.3 Å². The van der Waals surface area contributed by atoms with Crippen molar-refractivity contribution in [2.75, 3.05) is 20.1 Å². The Balaban J connectivity index is 4.25. The number of nitrogens with zero attached hydrogens (tertiary/aromatic N) is 1. The molecule has 0 spiro atoms. The molecule has 1 atom stereocenters. The third-order valence-electron chi connectivity index (χ3n) is 2.90. The maximum absolute atomic E-state index is 11.8. The molecule has 0 aromatic rings. The molecule has 0 unspecified atom stereocenters. The Labute approximate surface area is 115 Å². The van der Waals surface area contributed by atoms with Crippen LogP contribution in [0, 0.1) is 5.41 Å². The van der Waals surface area contributed by atoms with E-state index in [4.69, 9.17) is 5.11 Å². The number of amides is 1. The maximum Gasteiger partial charge on any atom is 0.321 e. The first-order valence-electron chi connectivity index (χ1n) is 6.51. The van der Waals surface area contributed by atoms with Crippen LogP contribution in [0.1, 0.15) is 33.6 Å². The summed E-state index contributed by atoms with van der Waals surface area (Å²) in [6.45, 7) is 9.81. The molecule has 5 heteroatoms. The van der Waals surface area contributed by atoms with E-state index in [0.717, 1.165) is 12.8 Å². The summed E-state index contributed by atoms with van der Waals surface area (Å²) in [6, 6.07) is -0.738. The summed E-state index contributed by atoms with van der Waals surface area (Å²) in [5.74, 6) is -1.03. The Hall–Kier alpha value is -1.36. The van der Waals surface area contributed by atoms with Crippen LogP contribution in [0.2, 0.25) is 0 Å². The van der Waals surface area contributed by atoms with Crippen LogP contribution in [-0.2, 0) is 9.59 Å². The summed E-state index contributed by atoms with van der Waals surface area (Å²) in [6.07, 6.45) is 3.55. The Bertz CT molecular complexity index is 321. The number of hydrogen-bond acceptors (Lipinski definition) is 3. The first-order chi connectivity index (χ1) is 8.70. The van der Waals surface area contributed by atoms with E-state index in [9.17, 15) is 9.59 Å². The molecule has 0 aromatic heterocycles.